The summed E-state index contributed by atoms with van der Waals surface area (Å²) in [4.78, 5) is 12.3. The molecule has 3 nitrogen and oxygen atoms in total. The molecule has 19 heavy (non-hydrogen) atoms. The third-order valence-corrected chi connectivity index (χ3v) is 4.62. The van der Waals surface area contributed by atoms with Gasteiger partial charge in [-0.25, -0.2) is 0 Å². The minimum Gasteiger partial charge on any atom is -0.349 e. The minimum absolute atomic E-state index is 0.121. The fraction of sp³-hybridized carbons (Fsp3) is 0.562. The van der Waals surface area contributed by atoms with Gasteiger partial charge in [0.2, 0.25) is 5.91 Å². The number of amides is 1. The van der Waals surface area contributed by atoms with Crippen LogP contribution in [0.3, 0.4) is 0 Å². The Kier molecular flexibility index (Phi) is 3.56. The molecule has 1 heterocycles. The largest absolute Gasteiger partial charge is 0.349 e. The lowest BCUT2D eigenvalue weighted by molar-refractivity contribution is -0.127. The van der Waals surface area contributed by atoms with Crippen LogP contribution in [-0.4, -0.2) is 19.0 Å². The van der Waals surface area contributed by atoms with Crippen molar-refractivity contribution in [1.82, 2.24) is 10.6 Å². The molecular formula is C16H22N2O. The molecule has 1 aromatic rings. The maximum Gasteiger partial charge on any atom is 0.223 e. The molecule has 1 aromatic carbocycles. The Morgan fingerprint density at radius 2 is 2.16 bits per heavy atom. The van der Waals surface area contributed by atoms with Crippen LogP contribution >= 0.6 is 0 Å². The number of hydrogen-bond donors (Lipinski definition) is 2. The van der Waals surface area contributed by atoms with Crippen molar-refractivity contribution in [3.05, 3.63) is 35.4 Å². The Labute approximate surface area is 114 Å². The van der Waals surface area contributed by atoms with Crippen LogP contribution in [0.15, 0.2) is 24.3 Å². The molecule has 0 aromatic heterocycles. The number of benzene rings is 1. The molecule has 0 bridgehead atoms. The zero-order chi connectivity index (χ0) is 13.2. The molecule has 2 atom stereocenters. The summed E-state index contributed by atoms with van der Waals surface area (Å²) in [7, 11) is 0. The van der Waals surface area contributed by atoms with E-state index in [-0.39, 0.29) is 17.9 Å². The van der Waals surface area contributed by atoms with Gasteiger partial charge in [-0.3, -0.25) is 4.79 Å². The molecule has 0 radical (unpaired) electrons. The first-order valence-corrected chi connectivity index (χ1v) is 7.34. The lowest BCUT2D eigenvalue weighted by Crippen LogP contribution is -2.50. The van der Waals surface area contributed by atoms with E-state index in [9.17, 15) is 4.79 Å². The summed E-state index contributed by atoms with van der Waals surface area (Å²) < 4.78 is 0. The van der Waals surface area contributed by atoms with Crippen LogP contribution in [-0.2, 0) is 11.2 Å². The molecule has 3 heteroatoms. The second-order valence-electron chi connectivity index (χ2n) is 5.86. The first-order valence-electron chi connectivity index (χ1n) is 7.34. The van der Waals surface area contributed by atoms with Gasteiger partial charge >= 0.3 is 0 Å². The zero-order valence-electron chi connectivity index (χ0n) is 11.5. The Morgan fingerprint density at radius 3 is 2.89 bits per heavy atom. The predicted octanol–water partition coefficient (Wildman–Crippen LogP) is 2.04. The van der Waals surface area contributed by atoms with Gasteiger partial charge in [0.1, 0.15) is 0 Å². The van der Waals surface area contributed by atoms with Gasteiger partial charge in [0, 0.05) is 5.92 Å². The SMILES string of the molecule is CC(C(=O)NC1CCCc2ccccc21)C1CNC1. The fourth-order valence-corrected chi connectivity index (χ4v) is 3.09. The summed E-state index contributed by atoms with van der Waals surface area (Å²) in [6.07, 6.45) is 3.38. The molecule has 2 N–H and O–H groups in total. The lowest BCUT2D eigenvalue weighted by atomic mass is 9.85. The lowest BCUT2D eigenvalue weighted by Gasteiger charge is -2.34. The summed E-state index contributed by atoms with van der Waals surface area (Å²) in [5.41, 5.74) is 2.72. The average Bonchev–Trinajstić information content (AvgIpc) is 2.37. The molecule has 1 aliphatic carbocycles. The Hall–Kier alpha value is -1.35. The van der Waals surface area contributed by atoms with Crippen LogP contribution in [0.1, 0.15) is 36.9 Å². The highest BCUT2D eigenvalue weighted by molar-refractivity contribution is 5.79. The van der Waals surface area contributed by atoms with Gasteiger partial charge < -0.3 is 10.6 Å². The molecule has 1 saturated heterocycles. The van der Waals surface area contributed by atoms with Gasteiger partial charge in [0.05, 0.1) is 6.04 Å². The van der Waals surface area contributed by atoms with E-state index in [1.807, 2.05) is 0 Å². The summed E-state index contributed by atoms with van der Waals surface area (Å²) >= 11 is 0. The van der Waals surface area contributed by atoms with Crippen molar-refractivity contribution < 1.29 is 4.79 Å². The van der Waals surface area contributed by atoms with Crippen LogP contribution in [0.5, 0.6) is 0 Å². The van der Waals surface area contributed by atoms with E-state index in [2.05, 4.69) is 41.8 Å². The fourth-order valence-electron chi connectivity index (χ4n) is 3.09. The molecule has 1 amide bonds. The summed E-state index contributed by atoms with van der Waals surface area (Å²) in [5, 5.41) is 6.49. The van der Waals surface area contributed by atoms with Crippen LogP contribution in [0, 0.1) is 11.8 Å². The highest BCUT2D eigenvalue weighted by atomic mass is 16.1. The quantitative estimate of drug-likeness (QED) is 0.871. The van der Waals surface area contributed by atoms with Crippen LogP contribution in [0.4, 0.5) is 0 Å². The number of hydrogen-bond acceptors (Lipinski definition) is 2. The Bertz CT molecular complexity index is 468. The van der Waals surface area contributed by atoms with Gasteiger partial charge in [0.25, 0.3) is 0 Å². The number of fused-ring (bicyclic) bond motifs is 1. The highest BCUT2D eigenvalue weighted by Gasteiger charge is 2.30. The number of carbonyl (C=O) groups is 1. The first kappa shape index (κ1) is 12.7. The topological polar surface area (TPSA) is 41.1 Å². The highest BCUT2D eigenvalue weighted by Crippen LogP contribution is 2.30. The molecule has 1 fully saturated rings. The maximum atomic E-state index is 12.3. The molecule has 3 rings (SSSR count). The van der Waals surface area contributed by atoms with Gasteiger partial charge in [-0.2, -0.15) is 0 Å². The van der Waals surface area contributed by atoms with Gasteiger partial charge in [0.15, 0.2) is 0 Å². The van der Waals surface area contributed by atoms with E-state index in [0.29, 0.717) is 5.92 Å². The number of rotatable bonds is 3. The van der Waals surface area contributed by atoms with E-state index in [1.54, 1.807) is 0 Å². The molecule has 2 aliphatic rings. The molecule has 0 saturated carbocycles. The normalized spacial score (nSPS) is 24.2. The van der Waals surface area contributed by atoms with Crippen LogP contribution in [0.25, 0.3) is 0 Å². The minimum atomic E-state index is 0.121. The molecular weight excluding hydrogens is 236 g/mol. The van der Waals surface area contributed by atoms with E-state index >= 15 is 0 Å². The Morgan fingerprint density at radius 1 is 1.37 bits per heavy atom. The van der Waals surface area contributed by atoms with Gasteiger partial charge in [-0.15, -0.1) is 0 Å². The van der Waals surface area contributed by atoms with E-state index in [1.165, 1.54) is 17.5 Å². The summed E-state index contributed by atoms with van der Waals surface area (Å²) in [6, 6.07) is 8.73. The number of aryl methyl sites for hydroxylation is 1. The summed E-state index contributed by atoms with van der Waals surface area (Å²) in [6.45, 7) is 4.02. The van der Waals surface area contributed by atoms with Gasteiger partial charge in [-0.05, 0) is 49.4 Å². The molecule has 0 spiro atoms. The Balaban J connectivity index is 1.68. The van der Waals surface area contributed by atoms with Crippen LogP contribution < -0.4 is 10.6 Å². The summed E-state index contributed by atoms with van der Waals surface area (Å²) in [5.74, 6) is 0.849. The smallest absolute Gasteiger partial charge is 0.223 e. The first-order chi connectivity index (χ1) is 9.25. The van der Waals surface area contributed by atoms with E-state index in [0.717, 1.165) is 25.9 Å². The van der Waals surface area contributed by atoms with Crippen molar-refractivity contribution in [1.29, 1.82) is 0 Å². The number of carbonyl (C=O) groups excluding carboxylic acids is 1. The van der Waals surface area contributed by atoms with Crippen molar-refractivity contribution in [2.75, 3.05) is 13.1 Å². The van der Waals surface area contributed by atoms with Crippen molar-refractivity contribution in [2.24, 2.45) is 11.8 Å². The van der Waals surface area contributed by atoms with Gasteiger partial charge in [-0.1, -0.05) is 31.2 Å². The van der Waals surface area contributed by atoms with E-state index < -0.39 is 0 Å². The monoisotopic (exact) mass is 258 g/mol. The average molecular weight is 258 g/mol. The zero-order valence-corrected chi connectivity index (χ0v) is 11.5. The maximum absolute atomic E-state index is 12.3. The van der Waals surface area contributed by atoms with E-state index in [4.69, 9.17) is 0 Å². The van der Waals surface area contributed by atoms with Crippen molar-refractivity contribution in [3.8, 4) is 0 Å². The third-order valence-electron chi connectivity index (χ3n) is 4.62. The molecule has 102 valence electrons. The van der Waals surface area contributed by atoms with Crippen molar-refractivity contribution in [2.45, 2.75) is 32.2 Å². The predicted molar refractivity (Wildman–Crippen MR) is 75.8 cm³/mol. The molecule has 2 unspecified atom stereocenters. The van der Waals surface area contributed by atoms with Crippen molar-refractivity contribution >= 4 is 5.91 Å². The van der Waals surface area contributed by atoms with Crippen LogP contribution in [0.2, 0.25) is 0 Å². The number of nitrogens with one attached hydrogen (secondary N) is 2. The van der Waals surface area contributed by atoms with Crippen molar-refractivity contribution in [3.63, 3.8) is 0 Å². The second-order valence-corrected chi connectivity index (χ2v) is 5.86. The molecule has 1 aliphatic heterocycles. The second kappa shape index (κ2) is 5.33. The standard InChI is InChI=1S/C16H22N2O/c1-11(13-9-17-10-13)16(19)18-15-8-4-6-12-5-2-3-7-14(12)15/h2-3,5,7,11,13,15,17H,4,6,8-10H2,1H3,(H,18,19). The third kappa shape index (κ3) is 2.52.